The third-order valence-corrected chi connectivity index (χ3v) is 2.65. The molecule has 0 aliphatic rings. The SMILES string of the molecule is CCN.CN.c1ccc2c(c1)ccc1ccccc12. The van der Waals surface area contributed by atoms with Crippen molar-refractivity contribution < 1.29 is 0 Å². The Hall–Kier alpha value is -1.90. The molecule has 0 atom stereocenters. The zero-order chi connectivity index (χ0) is 14.1. The molecule has 3 aromatic rings. The van der Waals surface area contributed by atoms with Crippen LogP contribution >= 0.6 is 0 Å². The summed E-state index contributed by atoms with van der Waals surface area (Å²) in [5.41, 5.74) is 9.35. The average molecular weight is 254 g/mol. The average Bonchev–Trinajstić information content (AvgIpc) is 2.50. The van der Waals surface area contributed by atoms with Gasteiger partial charge in [0.25, 0.3) is 0 Å². The minimum atomic E-state index is 0.750. The molecule has 0 saturated carbocycles. The fraction of sp³-hybridized carbons (Fsp3) is 0.176. The van der Waals surface area contributed by atoms with E-state index in [4.69, 9.17) is 5.73 Å². The summed E-state index contributed by atoms with van der Waals surface area (Å²) in [6, 6.07) is 21.4. The van der Waals surface area contributed by atoms with Gasteiger partial charge in [0.05, 0.1) is 0 Å². The summed E-state index contributed by atoms with van der Waals surface area (Å²) in [5, 5.41) is 5.30. The van der Waals surface area contributed by atoms with Crippen LogP contribution in [0.5, 0.6) is 0 Å². The summed E-state index contributed by atoms with van der Waals surface area (Å²) in [6.45, 7) is 2.65. The van der Waals surface area contributed by atoms with E-state index in [0.29, 0.717) is 0 Å². The molecule has 0 aromatic heterocycles. The van der Waals surface area contributed by atoms with Crippen molar-refractivity contribution in [1.29, 1.82) is 0 Å². The molecule has 100 valence electrons. The third kappa shape index (κ3) is 3.78. The number of hydrogen-bond acceptors (Lipinski definition) is 2. The normalized spacial score (nSPS) is 9.26. The van der Waals surface area contributed by atoms with Crippen molar-refractivity contribution in [2.75, 3.05) is 13.6 Å². The highest BCUT2D eigenvalue weighted by atomic mass is 14.5. The molecule has 2 nitrogen and oxygen atoms in total. The van der Waals surface area contributed by atoms with Gasteiger partial charge in [0.2, 0.25) is 0 Å². The molecule has 3 aromatic carbocycles. The second kappa shape index (κ2) is 8.25. The Morgan fingerprint density at radius 3 is 1.37 bits per heavy atom. The summed E-state index contributed by atoms with van der Waals surface area (Å²) >= 11 is 0. The highest BCUT2D eigenvalue weighted by Crippen LogP contribution is 2.24. The molecular weight excluding hydrogens is 232 g/mol. The summed E-state index contributed by atoms with van der Waals surface area (Å²) in [7, 11) is 1.50. The molecule has 0 heterocycles. The molecule has 4 N–H and O–H groups in total. The van der Waals surface area contributed by atoms with Gasteiger partial charge >= 0.3 is 0 Å². The maximum absolute atomic E-state index is 4.85. The zero-order valence-corrected chi connectivity index (χ0v) is 11.6. The van der Waals surface area contributed by atoms with Crippen LogP contribution < -0.4 is 11.5 Å². The van der Waals surface area contributed by atoms with E-state index in [0.717, 1.165) is 6.54 Å². The van der Waals surface area contributed by atoms with Crippen LogP contribution in [0, 0.1) is 0 Å². The molecule has 0 bridgehead atoms. The van der Waals surface area contributed by atoms with Gasteiger partial charge in [0.15, 0.2) is 0 Å². The second-order valence-corrected chi connectivity index (χ2v) is 3.92. The maximum atomic E-state index is 4.85. The van der Waals surface area contributed by atoms with Crippen molar-refractivity contribution in [3.05, 3.63) is 60.7 Å². The standard InChI is InChI=1S/C14H10.C2H7N.CH5N/c1-3-7-13-11(5-1)9-10-12-6-2-4-8-14(12)13;1-2-3;1-2/h1-10H;2-3H2,1H3;2H2,1H3. The van der Waals surface area contributed by atoms with Crippen molar-refractivity contribution in [3.8, 4) is 0 Å². The Balaban J connectivity index is 0.000000321. The van der Waals surface area contributed by atoms with E-state index in [9.17, 15) is 0 Å². The molecular formula is C17H22N2. The highest BCUT2D eigenvalue weighted by Gasteiger charge is 1.97. The number of rotatable bonds is 0. The van der Waals surface area contributed by atoms with Crippen molar-refractivity contribution in [2.24, 2.45) is 11.5 Å². The molecule has 19 heavy (non-hydrogen) atoms. The summed E-state index contributed by atoms with van der Waals surface area (Å²) < 4.78 is 0. The number of benzene rings is 3. The molecule has 0 aliphatic heterocycles. The predicted octanol–water partition coefficient (Wildman–Crippen LogP) is 3.53. The van der Waals surface area contributed by atoms with Crippen LogP contribution in [-0.4, -0.2) is 13.6 Å². The van der Waals surface area contributed by atoms with E-state index in [2.05, 4.69) is 66.4 Å². The van der Waals surface area contributed by atoms with E-state index in [1.165, 1.54) is 28.6 Å². The fourth-order valence-corrected chi connectivity index (χ4v) is 1.95. The van der Waals surface area contributed by atoms with Gasteiger partial charge in [-0.2, -0.15) is 0 Å². The van der Waals surface area contributed by atoms with Crippen molar-refractivity contribution in [1.82, 2.24) is 0 Å². The molecule has 2 heteroatoms. The Bertz CT molecular complexity index is 563. The van der Waals surface area contributed by atoms with E-state index in [-0.39, 0.29) is 0 Å². The molecule has 0 saturated heterocycles. The largest absolute Gasteiger partial charge is 0.333 e. The number of fused-ring (bicyclic) bond motifs is 3. The maximum Gasteiger partial charge on any atom is -0.0105 e. The van der Waals surface area contributed by atoms with Gasteiger partial charge in [-0.15, -0.1) is 0 Å². The first-order chi connectivity index (χ1) is 9.36. The van der Waals surface area contributed by atoms with Gasteiger partial charge in [-0.1, -0.05) is 67.6 Å². The Morgan fingerprint density at radius 2 is 1.00 bits per heavy atom. The van der Waals surface area contributed by atoms with Crippen LogP contribution in [0.2, 0.25) is 0 Å². The first kappa shape index (κ1) is 15.2. The smallest absolute Gasteiger partial charge is 0.0105 e. The van der Waals surface area contributed by atoms with E-state index in [1.807, 2.05) is 6.92 Å². The topological polar surface area (TPSA) is 52.0 Å². The molecule has 0 amide bonds. The Kier molecular flexibility index (Phi) is 6.58. The van der Waals surface area contributed by atoms with Crippen LogP contribution in [0.3, 0.4) is 0 Å². The third-order valence-electron chi connectivity index (χ3n) is 2.65. The van der Waals surface area contributed by atoms with Crippen LogP contribution in [0.1, 0.15) is 6.92 Å². The molecule has 0 unspecified atom stereocenters. The van der Waals surface area contributed by atoms with Gasteiger partial charge < -0.3 is 11.5 Å². The minimum absolute atomic E-state index is 0.750. The lowest BCUT2D eigenvalue weighted by atomic mass is 10.0. The van der Waals surface area contributed by atoms with E-state index < -0.39 is 0 Å². The van der Waals surface area contributed by atoms with Gasteiger partial charge in [-0.25, -0.2) is 0 Å². The molecule has 0 fully saturated rings. The van der Waals surface area contributed by atoms with Gasteiger partial charge in [-0.05, 0) is 35.1 Å². The molecule has 0 radical (unpaired) electrons. The Labute approximate surface area is 115 Å². The Morgan fingerprint density at radius 1 is 0.684 bits per heavy atom. The van der Waals surface area contributed by atoms with Gasteiger partial charge in [-0.3, -0.25) is 0 Å². The zero-order valence-electron chi connectivity index (χ0n) is 11.6. The van der Waals surface area contributed by atoms with Gasteiger partial charge in [0, 0.05) is 0 Å². The quantitative estimate of drug-likeness (QED) is 0.603. The number of hydrogen-bond donors (Lipinski definition) is 2. The fourth-order valence-electron chi connectivity index (χ4n) is 1.95. The lowest BCUT2D eigenvalue weighted by molar-refractivity contribution is 1.14. The lowest BCUT2D eigenvalue weighted by Gasteiger charge is -2.02. The number of nitrogens with two attached hydrogens (primary N) is 2. The summed E-state index contributed by atoms with van der Waals surface area (Å²) in [5.74, 6) is 0. The monoisotopic (exact) mass is 254 g/mol. The lowest BCUT2D eigenvalue weighted by Crippen LogP contribution is -1.87. The highest BCUT2D eigenvalue weighted by molar-refractivity contribution is 6.07. The van der Waals surface area contributed by atoms with Crippen molar-refractivity contribution >= 4 is 21.5 Å². The van der Waals surface area contributed by atoms with Crippen molar-refractivity contribution in [2.45, 2.75) is 6.92 Å². The van der Waals surface area contributed by atoms with Crippen LogP contribution in [0.25, 0.3) is 21.5 Å². The van der Waals surface area contributed by atoms with E-state index in [1.54, 1.807) is 0 Å². The summed E-state index contributed by atoms with van der Waals surface area (Å²) in [4.78, 5) is 0. The minimum Gasteiger partial charge on any atom is -0.333 e. The molecule has 0 aliphatic carbocycles. The molecule has 3 rings (SSSR count). The second-order valence-electron chi connectivity index (χ2n) is 3.92. The van der Waals surface area contributed by atoms with Gasteiger partial charge in [0.1, 0.15) is 0 Å². The first-order valence-corrected chi connectivity index (χ1v) is 6.51. The predicted molar refractivity (Wildman–Crippen MR) is 86.3 cm³/mol. The molecule has 0 spiro atoms. The summed E-state index contributed by atoms with van der Waals surface area (Å²) in [6.07, 6.45) is 0. The van der Waals surface area contributed by atoms with Crippen LogP contribution in [-0.2, 0) is 0 Å². The van der Waals surface area contributed by atoms with E-state index >= 15 is 0 Å². The van der Waals surface area contributed by atoms with Crippen LogP contribution in [0.4, 0.5) is 0 Å². The first-order valence-electron chi connectivity index (χ1n) is 6.51. The van der Waals surface area contributed by atoms with Crippen LogP contribution in [0.15, 0.2) is 60.7 Å². The van der Waals surface area contributed by atoms with Crippen molar-refractivity contribution in [3.63, 3.8) is 0 Å².